The normalized spacial score (nSPS) is 12.4. The second-order valence-electron chi connectivity index (χ2n) is 4.37. The van der Waals surface area contributed by atoms with Crippen molar-refractivity contribution in [2.75, 3.05) is 0 Å². The van der Waals surface area contributed by atoms with Gasteiger partial charge in [-0.1, -0.05) is 29.8 Å². The van der Waals surface area contributed by atoms with Crippen LogP contribution in [0, 0.1) is 12.7 Å². The van der Waals surface area contributed by atoms with Crippen molar-refractivity contribution in [2.24, 2.45) is 5.84 Å². The molecule has 0 saturated carbocycles. The average molecular weight is 280 g/mol. The summed E-state index contributed by atoms with van der Waals surface area (Å²) in [5, 5.41) is 0.142. The van der Waals surface area contributed by atoms with E-state index in [-0.39, 0.29) is 11.1 Å². The zero-order valence-corrected chi connectivity index (χ0v) is 11.3. The quantitative estimate of drug-likeness (QED) is 0.668. The second kappa shape index (κ2) is 6.10. The molecular weight excluding hydrogens is 265 g/mol. The van der Waals surface area contributed by atoms with E-state index in [9.17, 15) is 4.39 Å². The lowest BCUT2D eigenvalue weighted by Crippen LogP contribution is -2.29. The van der Waals surface area contributed by atoms with E-state index < -0.39 is 5.82 Å². The van der Waals surface area contributed by atoms with Crippen molar-refractivity contribution in [3.8, 4) is 0 Å². The minimum atomic E-state index is -0.419. The number of nitrogens with one attached hydrogen (secondary N) is 1. The second-order valence-corrected chi connectivity index (χ2v) is 4.75. The van der Waals surface area contributed by atoms with Crippen molar-refractivity contribution >= 4 is 11.6 Å². The van der Waals surface area contributed by atoms with E-state index >= 15 is 0 Å². The Kier molecular flexibility index (Phi) is 4.47. The molecular formula is C14H15ClFN3. The van der Waals surface area contributed by atoms with Gasteiger partial charge in [-0.25, -0.2) is 4.39 Å². The van der Waals surface area contributed by atoms with Crippen LogP contribution in [0.5, 0.6) is 0 Å². The summed E-state index contributed by atoms with van der Waals surface area (Å²) in [5.41, 5.74) is 5.30. The lowest BCUT2D eigenvalue weighted by molar-refractivity contribution is 0.547. The summed E-state index contributed by atoms with van der Waals surface area (Å²) >= 11 is 5.95. The molecule has 0 spiro atoms. The summed E-state index contributed by atoms with van der Waals surface area (Å²) in [4.78, 5) is 4.23. The molecule has 3 nitrogen and oxygen atoms in total. The van der Waals surface area contributed by atoms with E-state index in [2.05, 4.69) is 10.4 Å². The standard InChI is InChI=1S/C14H15ClFN3/c1-9-5-6-11(8-18-9)13(19-17)7-10-3-2-4-12(16)14(10)15/h2-6,8,13,19H,7,17H2,1H3. The zero-order chi connectivity index (χ0) is 13.8. The summed E-state index contributed by atoms with van der Waals surface area (Å²) in [7, 11) is 0. The summed E-state index contributed by atoms with van der Waals surface area (Å²) in [6.45, 7) is 1.91. The summed E-state index contributed by atoms with van der Waals surface area (Å²) in [6, 6.07) is 8.46. The van der Waals surface area contributed by atoms with Gasteiger partial charge in [0.1, 0.15) is 5.82 Å². The first-order valence-corrected chi connectivity index (χ1v) is 6.31. The number of nitrogens with zero attached hydrogens (tertiary/aromatic N) is 1. The number of pyridine rings is 1. The number of aryl methyl sites for hydroxylation is 1. The van der Waals surface area contributed by atoms with E-state index in [0.717, 1.165) is 11.3 Å². The fourth-order valence-electron chi connectivity index (χ4n) is 1.88. The molecule has 100 valence electrons. The maximum atomic E-state index is 13.4. The van der Waals surface area contributed by atoms with Crippen molar-refractivity contribution in [1.82, 2.24) is 10.4 Å². The van der Waals surface area contributed by atoms with E-state index in [1.807, 2.05) is 19.1 Å². The third-order valence-corrected chi connectivity index (χ3v) is 3.42. The number of hydrogen-bond donors (Lipinski definition) is 2. The Morgan fingerprint density at radius 2 is 2.16 bits per heavy atom. The molecule has 5 heteroatoms. The van der Waals surface area contributed by atoms with Crippen LogP contribution in [0.3, 0.4) is 0 Å². The molecule has 0 aliphatic rings. The first kappa shape index (κ1) is 13.9. The van der Waals surface area contributed by atoms with Crippen LogP contribution in [0.25, 0.3) is 0 Å². The van der Waals surface area contributed by atoms with Gasteiger partial charge >= 0.3 is 0 Å². The Labute approximate surface area is 116 Å². The average Bonchev–Trinajstić information content (AvgIpc) is 2.42. The first-order valence-electron chi connectivity index (χ1n) is 5.93. The van der Waals surface area contributed by atoms with Gasteiger partial charge in [0.15, 0.2) is 0 Å². The molecule has 0 radical (unpaired) electrons. The van der Waals surface area contributed by atoms with Crippen LogP contribution in [0.1, 0.15) is 22.9 Å². The van der Waals surface area contributed by atoms with Crippen molar-refractivity contribution < 1.29 is 4.39 Å². The van der Waals surface area contributed by atoms with E-state index in [4.69, 9.17) is 17.4 Å². The molecule has 0 bridgehead atoms. The van der Waals surface area contributed by atoms with E-state index in [1.165, 1.54) is 6.07 Å². The van der Waals surface area contributed by atoms with Gasteiger partial charge < -0.3 is 0 Å². The number of rotatable bonds is 4. The fourth-order valence-corrected chi connectivity index (χ4v) is 2.09. The highest BCUT2D eigenvalue weighted by atomic mass is 35.5. The van der Waals surface area contributed by atoms with Crippen LogP contribution < -0.4 is 11.3 Å². The summed E-state index contributed by atoms with van der Waals surface area (Å²) in [5.74, 6) is 5.14. The number of hydrazine groups is 1. The van der Waals surface area contributed by atoms with Crippen molar-refractivity contribution in [2.45, 2.75) is 19.4 Å². The topological polar surface area (TPSA) is 50.9 Å². The van der Waals surface area contributed by atoms with E-state index in [1.54, 1.807) is 18.3 Å². The summed E-state index contributed by atoms with van der Waals surface area (Å²) in [6.07, 6.45) is 2.25. The molecule has 1 atom stereocenters. The Morgan fingerprint density at radius 3 is 2.79 bits per heavy atom. The lowest BCUT2D eigenvalue weighted by atomic mass is 10.0. The van der Waals surface area contributed by atoms with Gasteiger partial charge in [0.05, 0.1) is 11.1 Å². The maximum Gasteiger partial charge on any atom is 0.142 e. The van der Waals surface area contributed by atoms with Crippen molar-refractivity contribution in [3.05, 3.63) is 64.2 Å². The number of nitrogens with two attached hydrogens (primary N) is 1. The van der Waals surface area contributed by atoms with E-state index in [0.29, 0.717) is 12.0 Å². The fraction of sp³-hybridized carbons (Fsp3) is 0.214. The molecule has 0 aliphatic carbocycles. The molecule has 19 heavy (non-hydrogen) atoms. The number of halogens is 2. The number of aromatic nitrogens is 1. The molecule has 1 heterocycles. The maximum absolute atomic E-state index is 13.4. The molecule has 0 aliphatic heterocycles. The smallest absolute Gasteiger partial charge is 0.142 e. The molecule has 2 rings (SSSR count). The van der Waals surface area contributed by atoms with Crippen LogP contribution in [0.15, 0.2) is 36.5 Å². The predicted molar refractivity (Wildman–Crippen MR) is 74.2 cm³/mol. The van der Waals surface area contributed by atoms with Gasteiger partial charge in [-0.15, -0.1) is 0 Å². The first-order chi connectivity index (χ1) is 9.11. The van der Waals surface area contributed by atoms with Crippen molar-refractivity contribution in [1.29, 1.82) is 0 Å². The third kappa shape index (κ3) is 3.29. The van der Waals surface area contributed by atoms with Crippen molar-refractivity contribution in [3.63, 3.8) is 0 Å². The highest BCUT2D eigenvalue weighted by molar-refractivity contribution is 6.31. The largest absolute Gasteiger partial charge is 0.271 e. The Balaban J connectivity index is 2.24. The highest BCUT2D eigenvalue weighted by Gasteiger charge is 2.14. The molecule has 0 saturated heterocycles. The molecule has 0 fully saturated rings. The summed E-state index contributed by atoms with van der Waals surface area (Å²) < 4.78 is 13.4. The Morgan fingerprint density at radius 1 is 1.37 bits per heavy atom. The minimum Gasteiger partial charge on any atom is -0.271 e. The molecule has 2 aromatic rings. The molecule has 1 aromatic carbocycles. The molecule has 1 unspecified atom stereocenters. The monoisotopic (exact) mass is 279 g/mol. The lowest BCUT2D eigenvalue weighted by Gasteiger charge is -2.17. The van der Waals surface area contributed by atoms with Crippen LogP contribution >= 0.6 is 11.6 Å². The number of benzene rings is 1. The number of hydrogen-bond acceptors (Lipinski definition) is 3. The van der Waals surface area contributed by atoms with Crippen LogP contribution in [-0.2, 0) is 6.42 Å². The molecule has 1 aromatic heterocycles. The van der Waals surface area contributed by atoms with Crippen LogP contribution in [0.4, 0.5) is 4.39 Å². The third-order valence-electron chi connectivity index (χ3n) is 2.99. The van der Waals surface area contributed by atoms with Gasteiger partial charge in [0.2, 0.25) is 0 Å². The van der Waals surface area contributed by atoms with Crippen LogP contribution in [-0.4, -0.2) is 4.98 Å². The molecule has 3 N–H and O–H groups in total. The Bertz CT molecular complexity index is 557. The Hall–Kier alpha value is -1.49. The molecule has 0 amide bonds. The van der Waals surface area contributed by atoms with Gasteiger partial charge in [-0.05, 0) is 36.6 Å². The van der Waals surface area contributed by atoms with Gasteiger partial charge in [-0.3, -0.25) is 16.3 Å². The highest BCUT2D eigenvalue weighted by Crippen LogP contribution is 2.25. The van der Waals surface area contributed by atoms with Gasteiger partial charge in [-0.2, -0.15) is 0 Å². The minimum absolute atomic E-state index is 0.142. The van der Waals surface area contributed by atoms with Gasteiger partial charge in [0, 0.05) is 11.9 Å². The zero-order valence-electron chi connectivity index (χ0n) is 10.5. The SMILES string of the molecule is Cc1ccc(C(Cc2cccc(F)c2Cl)NN)cn1. The predicted octanol–water partition coefficient (Wildman–Crippen LogP) is 2.93. The van der Waals surface area contributed by atoms with Crippen LogP contribution in [0.2, 0.25) is 5.02 Å². The van der Waals surface area contributed by atoms with Gasteiger partial charge in [0.25, 0.3) is 0 Å².